The van der Waals surface area contributed by atoms with E-state index in [1.165, 1.54) is 14.4 Å². The number of nitrogens with one attached hydrogen (secondary N) is 1. The second kappa shape index (κ2) is 6.52. The van der Waals surface area contributed by atoms with E-state index in [0.29, 0.717) is 6.04 Å². The minimum absolute atomic E-state index is 0.313. The number of hydrogen-bond donors (Lipinski definition) is 1. The Balaban J connectivity index is 2.26. The first-order chi connectivity index (χ1) is 9.06. The molecule has 0 spiro atoms. The highest BCUT2D eigenvalue weighted by atomic mass is 79.9. The molecule has 1 unspecified atom stereocenters. The van der Waals surface area contributed by atoms with Gasteiger partial charge in [-0.1, -0.05) is 6.92 Å². The maximum Gasteiger partial charge on any atom is 0.0766 e. The number of thiophene rings is 1. The van der Waals surface area contributed by atoms with Crippen molar-refractivity contribution in [1.82, 2.24) is 15.1 Å². The number of hydrogen-bond acceptors (Lipinski definition) is 3. The van der Waals surface area contributed by atoms with Crippen molar-refractivity contribution >= 4 is 43.2 Å². The molecule has 19 heavy (non-hydrogen) atoms. The molecule has 0 aromatic carbocycles. The summed E-state index contributed by atoms with van der Waals surface area (Å²) in [5.41, 5.74) is 2.36. The maximum absolute atomic E-state index is 4.55. The van der Waals surface area contributed by atoms with E-state index in [-0.39, 0.29) is 0 Å². The van der Waals surface area contributed by atoms with Gasteiger partial charge in [-0.15, -0.1) is 11.3 Å². The number of nitrogens with zero attached hydrogens (tertiary/aromatic N) is 2. The van der Waals surface area contributed by atoms with Gasteiger partial charge in [-0.3, -0.25) is 4.68 Å². The predicted octanol–water partition coefficient (Wildman–Crippen LogP) is 4.07. The summed E-state index contributed by atoms with van der Waals surface area (Å²) in [5, 5.41) is 7.94. The van der Waals surface area contributed by atoms with Crippen LogP contribution in [0, 0.1) is 0 Å². The largest absolute Gasteiger partial charge is 0.312 e. The number of aromatic nitrogens is 2. The Labute approximate surface area is 134 Å². The highest BCUT2D eigenvalue weighted by Gasteiger charge is 2.19. The van der Waals surface area contributed by atoms with Gasteiger partial charge in [0.25, 0.3) is 0 Å². The molecule has 0 aliphatic rings. The predicted molar refractivity (Wildman–Crippen MR) is 87.8 cm³/mol. The van der Waals surface area contributed by atoms with E-state index >= 15 is 0 Å². The molecule has 0 saturated carbocycles. The number of likely N-dealkylation sites (N-methyl/N-ethyl adjacent to an activating group) is 1. The van der Waals surface area contributed by atoms with Crippen LogP contribution in [0.4, 0.5) is 0 Å². The van der Waals surface area contributed by atoms with Crippen molar-refractivity contribution in [3.05, 3.63) is 36.7 Å². The summed E-state index contributed by atoms with van der Waals surface area (Å²) in [7, 11) is 4.01. The van der Waals surface area contributed by atoms with E-state index in [2.05, 4.69) is 61.3 Å². The number of rotatable bonds is 5. The fraction of sp³-hybridized carbons (Fsp3) is 0.462. The zero-order valence-corrected chi connectivity index (χ0v) is 15.2. The molecule has 0 fully saturated rings. The molecular weight excluding hydrogens is 390 g/mol. The lowest BCUT2D eigenvalue weighted by Gasteiger charge is -2.15. The molecule has 0 bridgehead atoms. The summed E-state index contributed by atoms with van der Waals surface area (Å²) in [6.07, 6.45) is 1.87. The fourth-order valence-corrected chi connectivity index (χ4v) is 4.41. The first-order valence-electron chi connectivity index (χ1n) is 6.19. The molecular formula is C13H17Br2N3S. The first kappa shape index (κ1) is 15.2. The van der Waals surface area contributed by atoms with Gasteiger partial charge in [-0.25, -0.2) is 0 Å². The average Bonchev–Trinajstić information content (AvgIpc) is 2.92. The Bertz CT molecular complexity index is 562. The van der Waals surface area contributed by atoms with Gasteiger partial charge >= 0.3 is 0 Å². The molecule has 0 saturated heterocycles. The van der Waals surface area contributed by atoms with E-state index in [4.69, 9.17) is 0 Å². The molecule has 2 aromatic heterocycles. The second-order valence-corrected chi connectivity index (χ2v) is 7.66. The lowest BCUT2D eigenvalue weighted by atomic mass is 10.1. The molecule has 1 N–H and O–H groups in total. The second-order valence-electron chi connectivity index (χ2n) is 4.37. The van der Waals surface area contributed by atoms with Crippen LogP contribution < -0.4 is 5.32 Å². The van der Waals surface area contributed by atoms with Gasteiger partial charge in [-0.2, -0.15) is 5.10 Å². The minimum atomic E-state index is 0.313. The molecule has 2 aromatic rings. The molecule has 3 nitrogen and oxygen atoms in total. The average molecular weight is 407 g/mol. The third-order valence-corrected chi connectivity index (χ3v) is 5.84. The first-order valence-corrected chi connectivity index (χ1v) is 8.59. The Morgan fingerprint density at radius 1 is 1.42 bits per heavy atom. The van der Waals surface area contributed by atoms with Crippen LogP contribution in [0.3, 0.4) is 0 Å². The fourth-order valence-electron chi connectivity index (χ4n) is 2.10. The standard InChI is InChI=1S/C13H17Br2N3S/c1-4-8-13(15)10(18(3)17-8)7-9(16-2)11-5-6-12(14)19-11/h5-6,9,16H,4,7H2,1-3H3. The Morgan fingerprint density at radius 3 is 2.63 bits per heavy atom. The zero-order chi connectivity index (χ0) is 14.0. The third kappa shape index (κ3) is 3.29. The highest BCUT2D eigenvalue weighted by molar-refractivity contribution is 9.11. The molecule has 104 valence electrons. The van der Waals surface area contributed by atoms with Crippen LogP contribution in [-0.2, 0) is 19.9 Å². The summed E-state index contributed by atoms with van der Waals surface area (Å²) in [5.74, 6) is 0. The highest BCUT2D eigenvalue weighted by Crippen LogP contribution is 2.31. The van der Waals surface area contributed by atoms with Crippen LogP contribution in [0.25, 0.3) is 0 Å². The number of aryl methyl sites for hydroxylation is 2. The Kier molecular flexibility index (Phi) is 5.22. The summed E-state index contributed by atoms with van der Waals surface area (Å²) in [6.45, 7) is 2.13. The van der Waals surface area contributed by atoms with E-state index in [9.17, 15) is 0 Å². The molecule has 6 heteroatoms. The zero-order valence-electron chi connectivity index (χ0n) is 11.2. The normalized spacial score (nSPS) is 12.9. The Morgan fingerprint density at radius 2 is 2.16 bits per heavy atom. The van der Waals surface area contributed by atoms with Crippen molar-refractivity contribution in [2.75, 3.05) is 7.05 Å². The smallest absolute Gasteiger partial charge is 0.0766 e. The maximum atomic E-state index is 4.55. The molecule has 0 amide bonds. The van der Waals surface area contributed by atoms with Crippen molar-refractivity contribution in [3.8, 4) is 0 Å². The van der Waals surface area contributed by atoms with Crippen molar-refractivity contribution in [2.45, 2.75) is 25.8 Å². The van der Waals surface area contributed by atoms with Gasteiger partial charge in [0.05, 0.1) is 19.6 Å². The molecule has 0 aliphatic heterocycles. The summed E-state index contributed by atoms with van der Waals surface area (Å²) < 4.78 is 4.30. The van der Waals surface area contributed by atoms with Gasteiger partial charge in [0.15, 0.2) is 0 Å². The van der Waals surface area contributed by atoms with Crippen LogP contribution in [0.1, 0.15) is 29.2 Å². The Hall–Kier alpha value is -0.170. The topological polar surface area (TPSA) is 29.9 Å². The van der Waals surface area contributed by atoms with Crippen LogP contribution in [0.5, 0.6) is 0 Å². The van der Waals surface area contributed by atoms with E-state index in [0.717, 1.165) is 23.0 Å². The van der Waals surface area contributed by atoms with Crippen molar-refractivity contribution in [3.63, 3.8) is 0 Å². The van der Waals surface area contributed by atoms with Gasteiger partial charge in [0.1, 0.15) is 0 Å². The summed E-state index contributed by atoms with van der Waals surface area (Å²) in [4.78, 5) is 1.33. The van der Waals surface area contributed by atoms with Crippen molar-refractivity contribution < 1.29 is 0 Å². The SMILES string of the molecule is CCc1nn(C)c(CC(NC)c2ccc(Br)s2)c1Br. The van der Waals surface area contributed by atoms with E-state index in [1.807, 2.05) is 18.8 Å². The summed E-state index contributed by atoms with van der Waals surface area (Å²) >= 11 is 8.98. The lowest BCUT2D eigenvalue weighted by molar-refractivity contribution is 0.567. The van der Waals surface area contributed by atoms with E-state index < -0.39 is 0 Å². The quantitative estimate of drug-likeness (QED) is 0.810. The van der Waals surface area contributed by atoms with Crippen LogP contribution in [0.15, 0.2) is 20.4 Å². The van der Waals surface area contributed by atoms with Crippen LogP contribution >= 0.6 is 43.2 Å². The van der Waals surface area contributed by atoms with Crippen LogP contribution in [0.2, 0.25) is 0 Å². The lowest BCUT2D eigenvalue weighted by Crippen LogP contribution is -2.19. The van der Waals surface area contributed by atoms with Crippen LogP contribution in [-0.4, -0.2) is 16.8 Å². The molecule has 2 heterocycles. The third-order valence-electron chi connectivity index (χ3n) is 3.19. The van der Waals surface area contributed by atoms with Gasteiger partial charge < -0.3 is 5.32 Å². The van der Waals surface area contributed by atoms with E-state index in [1.54, 1.807) is 11.3 Å². The minimum Gasteiger partial charge on any atom is -0.312 e. The monoisotopic (exact) mass is 405 g/mol. The summed E-state index contributed by atoms with van der Waals surface area (Å²) in [6, 6.07) is 4.58. The van der Waals surface area contributed by atoms with Gasteiger partial charge in [0, 0.05) is 24.4 Å². The number of halogens is 2. The molecule has 0 aliphatic carbocycles. The van der Waals surface area contributed by atoms with Crippen molar-refractivity contribution in [1.29, 1.82) is 0 Å². The van der Waals surface area contributed by atoms with Crippen molar-refractivity contribution in [2.24, 2.45) is 7.05 Å². The molecule has 1 atom stereocenters. The van der Waals surface area contributed by atoms with Gasteiger partial charge in [0.2, 0.25) is 0 Å². The molecule has 0 radical (unpaired) electrons. The molecule has 2 rings (SSSR count). The van der Waals surface area contributed by atoms with Gasteiger partial charge in [-0.05, 0) is 57.5 Å².